The van der Waals surface area contributed by atoms with Crippen molar-refractivity contribution in [1.29, 1.82) is 0 Å². The van der Waals surface area contributed by atoms with Crippen LogP contribution in [0.2, 0.25) is 0 Å². The van der Waals surface area contributed by atoms with Crippen LogP contribution in [0.25, 0.3) is 0 Å². The summed E-state index contributed by atoms with van der Waals surface area (Å²) in [6.07, 6.45) is 0. The van der Waals surface area contributed by atoms with Crippen molar-refractivity contribution in [2.45, 2.75) is 38.6 Å². The van der Waals surface area contributed by atoms with Gasteiger partial charge in [0.1, 0.15) is 5.75 Å². The lowest BCUT2D eigenvalue weighted by Gasteiger charge is -2.29. The maximum atomic E-state index is 5.97. The molecular formula is C15H26N2O. The molecule has 0 aliphatic heterocycles. The van der Waals surface area contributed by atoms with Gasteiger partial charge in [0.25, 0.3) is 0 Å². The van der Waals surface area contributed by atoms with E-state index in [1.807, 2.05) is 32.0 Å². The Labute approximate surface area is 111 Å². The average molecular weight is 250 g/mol. The number of ether oxygens (including phenoxy) is 1. The molecule has 0 spiro atoms. The second-order valence-electron chi connectivity index (χ2n) is 6.18. The first-order chi connectivity index (χ1) is 8.26. The van der Waals surface area contributed by atoms with Crippen LogP contribution in [0.4, 0.5) is 0 Å². The maximum Gasteiger partial charge on any atom is 0.122 e. The average Bonchev–Trinajstić information content (AvgIpc) is 2.27. The fraction of sp³-hybridized carbons (Fsp3) is 0.600. The molecule has 3 heteroatoms. The molecule has 0 aromatic heterocycles. The molecule has 0 amide bonds. The van der Waals surface area contributed by atoms with E-state index in [2.05, 4.69) is 25.2 Å². The van der Waals surface area contributed by atoms with Crippen molar-refractivity contribution in [3.63, 3.8) is 0 Å². The largest absolute Gasteiger partial charge is 0.496 e. The van der Waals surface area contributed by atoms with Crippen LogP contribution in [-0.2, 0) is 5.41 Å². The summed E-state index contributed by atoms with van der Waals surface area (Å²) in [5.41, 5.74) is 7.02. The van der Waals surface area contributed by atoms with Crippen LogP contribution in [0.15, 0.2) is 24.3 Å². The molecule has 0 aliphatic carbocycles. The molecule has 3 nitrogen and oxygen atoms in total. The predicted molar refractivity (Wildman–Crippen MR) is 77.2 cm³/mol. The number of benzene rings is 1. The first-order valence-electron chi connectivity index (χ1n) is 6.39. The number of nitrogens with one attached hydrogen (secondary N) is 1. The number of nitrogens with two attached hydrogens (primary N) is 1. The van der Waals surface area contributed by atoms with Gasteiger partial charge < -0.3 is 15.8 Å². The zero-order valence-corrected chi connectivity index (χ0v) is 12.2. The van der Waals surface area contributed by atoms with Gasteiger partial charge >= 0.3 is 0 Å². The van der Waals surface area contributed by atoms with Crippen molar-refractivity contribution >= 4 is 0 Å². The summed E-state index contributed by atoms with van der Waals surface area (Å²) in [5, 5.41) is 3.43. The minimum Gasteiger partial charge on any atom is -0.496 e. The summed E-state index contributed by atoms with van der Waals surface area (Å²) < 4.78 is 5.43. The molecule has 0 fully saturated rings. The molecule has 0 saturated heterocycles. The van der Waals surface area contributed by atoms with Crippen molar-refractivity contribution in [3.8, 4) is 5.75 Å². The van der Waals surface area contributed by atoms with Gasteiger partial charge in [-0.05, 0) is 19.9 Å². The van der Waals surface area contributed by atoms with Gasteiger partial charge in [-0.25, -0.2) is 0 Å². The highest BCUT2D eigenvalue weighted by molar-refractivity contribution is 5.39. The van der Waals surface area contributed by atoms with E-state index in [0.29, 0.717) is 0 Å². The monoisotopic (exact) mass is 250 g/mol. The molecule has 0 saturated carbocycles. The highest BCUT2D eigenvalue weighted by atomic mass is 16.5. The first kappa shape index (κ1) is 15.0. The van der Waals surface area contributed by atoms with Gasteiger partial charge in [-0.1, -0.05) is 32.0 Å². The first-order valence-corrected chi connectivity index (χ1v) is 6.39. The predicted octanol–water partition coefficient (Wildman–Crippen LogP) is 2.30. The molecule has 1 aromatic carbocycles. The van der Waals surface area contributed by atoms with Gasteiger partial charge in [0, 0.05) is 29.6 Å². The van der Waals surface area contributed by atoms with E-state index in [9.17, 15) is 0 Å². The third-order valence-electron chi connectivity index (χ3n) is 2.98. The summed E-state index contributed by atoms with van der Waals surface area (Å²) in [6, 6.07) is 8.17. The zero-order chi connectivity index (χ0) is 13.8. The fourth-order valence-electron chi connectivity index (χ4n) is 2.00. The van der Waals surface area contributed by atoms with E-state index in [1.54, 1.807) is 7.11 Å². The van der Waals surface area contributed by atoms with Crippen LogP contribution < -0.4 is 15.8 Å². The smallest absolute Gasteiger partial charge is 0.122 e. The third-order valence-corrected chi connectivity index (χ3v) is 2.98. The quantitative estimate of drug-likeness (QED) is 0.814. The minimum atomic E-state index is -0.184. The molecule has 0 radical (unpaired) electrons. The number of hydrogen-bond donors (Lipinski definition) is 2. The Kier molecular flexibility index (Phi) is 4.77. The van der Waals surface area contributed by atoms with Gasteiger partial charge in [-0.2, -0.15) is 0 Å². The molecule has 0 atom stereocenters. The normalized spacial score (nSPS) is 12.6. The molecule has 0 aliphatic rings. The van der Waals surface area contributed by atoms with Crippen molar-refractivity contribution in [1.82, 2.24) is 5.32 Å². The number of hydrogen-bond acceptors (Lipinski definition) is 3. The Hall–Kier alpha value is -1.06. The third kappa shape index (κ3) is 4.31. The van der Waals surface area contributed by atoms with E-state index in [4.69, 9.17) is 10.5 Å². The van der Waals surface area contributed by atoms with Crippen LogP contribution in [0.5, 0.6) is 5.75 Å². The van der Waals surface area contributed by atoms with Gasteiger partial charge in [0.2, 0.25) is 0 Å². The summed E-state index contributed by atoms with van der Waals surface area (Å²) >= 11 is 0. The molecule has 102 valence electrons. The Morgan fingerprint density at radius 3 is 2.28 bits per heavy atom. The van der Waals surface area contributed by atoms with Crippen LogP contribution >= 0.6 is 0 Å². The second-order valence-corrected chi connectivity index (χ2v) is 6.18. The lowest BCUT2D eigenvalue weighted by Crippen LogP contribution is -2.46. The molecule has 3 N–H and O–H groups in total. The van der Waals surface area contributed by atoms with E-state index in [1.165, 1.54) is 5.56 Å². The molecular weight excluding hydrogens is 224 g/mol. The van der Waals surface area contributed by atoms with Crippen molar-refractivity contribution in [2.24, 2.45) is 5.73 Å². The van der Waals surface area contributed by atoms with Crippen LogP contribution in [0.1, 0.15) is 33.3 Å². The number of methoxy groups -OCH3 is 1. The molecule has 1 rings (SSSR count). The molecule has 1 aromatic rings. The van der Waals surface area contributed by atoms with E-state index >= 15 is 0 Å². The Balaban J connectivity index is 2.73. The summed E-state index contributed by atoms with van der Waals surface area (Å²) in [5.74, 6) is 0.941. The lowest BCUT2D eigenvalue weighted by atomic mass is 9.83. The van der Waals surface area contributed by atoms with E-state index in [-0.39, 0.29) is 11.0 Å². The summed E-state index contributed by atoms with van der Waals surface area (Å²) in [7, 11) is 1.71. The molecule has 0 heterocycles. The second kappa shape index (κ2) is 5.72. The number of para-hydroxylation sites is 1. The standard InChI is InChI=1S/C15H26N2O/c1-14(2,10-17-11-15(3,4)16)12-8-6-7-9-13(12)18-5/h6-9,17H,10-11,16H2,1-5H3. The van der Waals surface area contributed by atoms with Crippen LogP contribution in [0.3, 0.4) is 0 Å². The molecule has 0 unspecified atom stereocenters. The zero-order valence-electron chi connectivity index (χ0n) is 12.2. The Morgan fingerprint density at radius 1 is 1.11 bits per heavy atom. The van der Waals surface area contributed by atoms with Gasteiger partial charge in [-0.15, -0.1) is 0 Å². The van der Waals surface area contributed by atoms with Crippen molar-refractivity contribution < 1.29 is 4.74 Å². The highest BCUT2D eigenvalue weighted by Crippen LogP contribution is 2.30. The van der Waals surface area contributed by atoms with Gasteiger partial charge in [0.05, 0.1) is 7.11 Å². The van der Waals surface area contributed by atoms with E-state index in [0.717, 1.165) is 18.8 Å². The van der Waals surface area contributed by atoms with Crippen molar-refractivity contribution in [3.05, 3.63) is 29.8 Å². The Morgan fingerprint density at radius 2 is 1.72 bits per heavy atom. The maximum absolute atomic E-state index is 5.97. The van der Waals surface area contributed by atoms with Gasteiger partial charge in [0.15, 0.2) is 0 Å². The number of rotatable bonds is 6. The molecule has 18 heavy (non-hydrogen) atoms. The Bertz CT molecular complexity index is 380. The molecule has 0 bridgehead atoms. The topological polar surface area (TPSA) is 47.3 Å². The minimum absolute atomic E-state index is 0.0118. The highest BCUT2D eigenvalue weighted by Gasteiger charge is 2.24. The SMILES string of the molecule is COc1ccccc1C(C)(C)CNCC(C)(C)N. The summed E-state index contributed by atoms with van der Waals surface area (Å²) in [6.45, 7) is 10.1. The van der Waals surface area contributed by atoms with Crippen LogP contribution in [0, 0.1) is 0 Å². The summed E-state index contributed by atoms with van der Waals surface area (Å²) in [4.78, 5) is 0. The van der Waals surface area contributed by atoms with Crippen molar-refractivity contribution in [2.75, 3.05) is 20.2 Å². The van der Waals surface area contributed by atoms with Gasteiger partial charge in [-0.3, -0.25) is 0 Å². The lowest BCUT2D eigenvalue weighted by molar-refractivity contribution is 0.375. The van der Waals surface area contributed by atoms with E-state index < -0.39 is 0 Å². The fourth-order valence-corrected chi connectivity index (χ4v) is 2.00. The van der Waals surface area contributed by atoms with Crippen LogP contribution in [-0.4, -0.2) is 25.7 Å².